The Hall–Kier alpha value is -2.97. The van der Waals surface area contributed by atoms with Crippen LogP contribution in [0.2, 0.25) is 0 Å². The van der Waals surface area contributed by atoms with E-state index in [4.69, 9.17) is 0 Å². The van der Waals surface area contributed by atoms with E-state index in [1.54, 1.807) is 0 Å². The molecule has 3 rings (SSSR count). The molecule has 1 nitrogen and oxygen atoms in total. The standard InChI is InChI=1S/C33H39NS/c1-6-30-24-32(20-18-25(30)2)26(3)17-19-28(5)34-33(23-27(4)31-15-11-8-12-16-31)35-22-21-29-13-9-7-10-14-29/h7-16,18,20,23-24,27,34H,3,5-6,17,19,21-22H2,1-2,4H3/b33-23-. The SMILES string of the molecule is C=C(CCC(=C)c1ccc(C)c(CC)c1)N/C(=C/C(C)c1ccccc1)SCCc1ccccc1. The molecule has 2 heteroatoms. The first kappa shape index (κ1) is 26.6. The van der Waals surface area contributed by atoms with Crippen molar-refractivity contribution in [2.45, 2.75) is 52.4 Å². The van der Waals surface area contributed by atoms with E-state index in [-0.39, 0.29) is 0 Å². The molecule has 3 aromatic rings. The van der Waals surface area contributed by atoms with E-state index in [0.29, 0.717) is 5.92 Å². The van der Waals surface area contributed by atoms with Crippen LogP contribution in [0.25, 0.3) is 5.57 Å². The van der Waals surface area contributed by atoms with Gasteiger partial charge in [-0.1, -0.05) is 106 Å². The minimum absolute atomic E-state index is 0.325. The predicted molar refractivity (Wildman–Crippen MR) is 157 cm³/mol. The van der Waals surface area contributed by atoms with E-state index in [0.717, 1.165) is 37.1 Å². The highest BCUT2D eigenvalue weighted by molar-refractivity contribution is 8.03. The van der Waals surface area contributed by atoms with Gasteiger partial charge in [0.2, 0.25) is 0 Å². The molecule has 1 atom stereocenters. The molecule has 0 bridgehead atoms. The van der Waals surface area contributed by atoms with Crippen LogP contribution in [-0.2, 0) is 12.8 Å². The van der Waals surface area contributed by atoms with Crippen LogP contribution in [0.4, 0.5) is 0 Å². The third-order valence-corrected chi connectivity index (χ3v) is 7.34. The minimum Gasteiger partial charge on any atom is -0.354 e. The first-order valence-electron chi connectivity index (χ1n) is 12.6. The van der Waals surface area contributed by atoms with E-state index in [2.05, 4.69) is 124 Å². The van der Waals surface area contributed by atoms with E-state index in [1.165, 1.54) is 38.4 Å². The van der Waals surface area contributed by atoms with Crippen LogP contribution in [0, 0.1) is 6.92 Å². The van der Waals surface area contributed by atoms with Gasteiger partial charge >= 0.3 is 0 Å². The maximum Gasteiger partial charge on any atom is 0.0688 e. The zero-order chi connectivity index (χ0) is 25.0. The molecular formula is C33H39NS. The second-order valence-electron chi connectivity index (χ2n) is 9.14. The van der Waals surface area contributed by atoms with Crippen LogP contribution in [0.15, 0.2) is 109 Å². The van der Waals surface area contributed by atoms with Crippen LogP contribution < -0.4 is 5.32 Å². The zero-order valence-electron chi connectivity index (χ0n) is 21.5. The lowest BCUT2D eigenvalue weighted by Gasteiger charge is -2.17. The van der Waals surface area contributed by atoms with Crippen LogP contribution in [0.3, 0.4) is 0 Å². The number of hydrogen-bond acceptors (Lipinski definition) is 2. The maximum atomic E-state index is 4.36. The number of aryl methyl sites for hydroxylation is 3. The number of hydrogen-bond donors (Lipinski definition) is 1. The molecule has 1 N–H and O–H groups in total. The van der Waals surface area contributed by atoms with Crippen molar-refractivity contribution in [2.24, 2.45) is 0 Å². The summed E-state index contributed by atoms with van der Waals surface area (Å²) in [6.07, 6.45) is 6.19. The van der Waals surface area contributed by atoms with Crippen molar-refractivity contribution in [3.8, 4) is 0 Å². The Morgan fingerprint density at radius 1 is 0.943 bits per heavy atom. The van der Waals surface area contributed by atoms with Gasteiger partial charge in [0.1, 0.15) is 0 Å². The van der Waals surface area contributed by atoms with Crippen LogP contribution in [0.5, 0.6) is 0 Å². The topological polar surface area (TPSA) is 12.0 Å². The number of rotatable bonds is 13. The summed E-state index contributed by atoms with van der Waals surface area (Å²) in [5, 5.41) is 4.81. The Kier molecular flexibility index (Phi) is 10.5. The summed E-state index contributed by atoms with van der Waals surface area (Å²) in [6.45, 7) is 15.3. The van der Waals surface area contributed by atoms with Gasteiger partial charge in [0.15, 0.2) is 0 Å². The number of benzene rings is 3. The summed E-state index contributed by atoms with van der Waals surface area (Å²) in [4.78, 5) is 0. The van der Waals surface area contributed by atoms with Gasteiger partial charge in [-0.15, -0.1) is 11.8 Å². The average molecular weight is 482 g/mol. The third-order valence-electron chi connectivity index (χ3n) is 6.38. The lowest BCUT2D eigenvalue weighted by Crippen LogP contribution is -2.12. The van der Waals surface area contributed by atoms with Gasteiger partial charge < -0.3 is 5.32 Å². The molecule has 3 aromatic carbocycles. The quantitative estimate of drug-likeness (QED) is 0.261. The van der Waals surface area contributed by atoms with Gasteiger partial charge in [-0.05, 0) is 72.1 Å². The van der Waals surface area contributed by atoms with Gasteiger partial charge in [-0.2, -0.15) is 0 Å². The fourth-order valence-electron chi connectivity index (χ4n) is 4.08. The summed E-state index contributed by atoms with van der Waals surface area (Å²) in [7, 11) is 0. The highest BCUT2D eigenvalue weighted by Gasteiger charge is 2.09. The lowest BCUT2D eigenvalue weighted by molar-refractivity contribution is 0.872. The largest absolute Gasteiger partial charge is 0.354 e. The third kappa shape index (κ3) is 8.64. The molecule has 0 saturated carbocycles. The van der Waals surface area contributed by atoms with Gasteiger partial charge in [0.25, 0.3) is 0 Å². The molecule has 0 amide bonds. The zero-order valence-corrected chi connectivity index (χ0v) is 22.3. The molecule has 0 aliphatic heterocycles. The molecule has 0 spiro atoms. The summed E-state index contributed by atoms with van der Waals surface area (Å²) in [5.41, 5.74) is 8.89. The first-order chi connectivity index (χ1) is 17.0. The van der Waals surface area contributed by atoms with Crippen LogP contribution in [0.1, 0.15) is 60.4 Å². The maximum absolute atomic E-state index is 4.36. The molecule has 1 unspecified atom stereocenters. The molecule has 0 heterocycles. The number of thioether (sulfide) groups is 1. The highest BCUT2D eigenvalue weighted by Crippen LogP contribution is 2.26. The molecule has 0 saturated heterocycles. The van der Waals surface area contributed by atoms with Crippen LogP contribution in [-0.4, -0.2) is 5.75 Å². The summed E-state index contributed by atoms with van der Waals surface area (Å²) < 4.78 is 0. The summed E-state index contributed by atoms with van der Waals surface area (Å²) in [6, 6.07) is 28.1. The molecule has 35 heavy (non-hydrogen) atoms. The molecule has 0 aliphatic carbocycles. The minimum atomic E-state index is 0.325. The fourth-order valence-corrected chi connectivity index (χ4v) is 5.16. The summed E-state index contributed by atoms with van der Waals surface area (Å²) >= 11 is 1.87. The van der Waals surface area contributed by atoms with Crippen molar-refractivity contribution in [2.75, 3.05) is 5.75 Å². The Bertz CT molecular complexity index is 1130. The average Bonchev–Trinajstić information content (AvgIpc) is 2.88. The molecule has 0 aliphatic rings. The van der Waals surface area contributed by atoms with Crippen molar-refractivity contribution >= 4 is 17.3 Å². The summed E-state index contributed by atoms with van der Waals surface area (Å²) in [5.74, 6) is 1.35. The van der Waals surface area contributed by atoms with Gasteiger partial charge in [-0.25, -0.2) is 0 Å². The molecule has 182 valence electrons. The highest BCUT2D eigenvalue weighted by atomic mass is 32.2. The van der Waals surface area contributed by atoms with E-state index in [9.17, 15) is 0 Å². The molecule has 0 radical (unpaired) electrons. The van der Waals surface area contributed by atoms with Gasteiger partial charge in [0.05, 0.1) is 5.03 Å². The van der Waals surface area contributed by atoms with Crippen molar-refractivity contribution in [1.29, 1.82) is 0 Å². The Labute approximate surface area is 217 Å². The lowest BCUT2D eigenvalue weighted by atomic mass is 9.96. The Balaban J connectivity index is 1.62. The fraction of sp³-hybridized carbons (Fsp3) is 0.273. The number of allylic oxidation sites excluding steroid dienone is 3. The van der Waals surface area contributed by atoms with Crippen LogP contribution >= 0.6 is 11.8 Å². The smallest absolute Gasteiger partial charge is 0.0688 e. The van der Waals surface area contributed by atoms with E-state index >= 15 is 0 Å². The number of nitrogens with one attached hydrogen (secondary N) is 1. The van der Waals surface area contributed by atoms with E-state index in [1.807, 2.05) is 11.8 Å². The Morgan fingerprint density at radius 3 is 2.31 bits per heavy atom. The van der Waals surface area contributed by atoms with Crippen molar-refractivity contribution in [3.05, 3.63) is 137 Å². The molecule has 0 aromatic heterocycles. The second kappa shape index (κ2) is 13.8. The predicted octanol–water partition coefficient (Wildman–Crippen LogP) is 9.08. The molecule has 0 fully saturated rings. The second-order valence-corrected chi connectivity index (χ2v) is 10.3. The van der Waals surface area contributed by atoms with Gasteiger partial charge in [-0.3, -0.25) is 0 Å². The van der Waals surface area contributed by atoms with E-state index < -0.39 is 0 Å². The monoisotopic (exact) mass is 481 g/mol. The first-order valence-corrected chi connectivity index (χ1v) is 13.6. The normalized spacial score (nSPS) is 12.3. The van der Waals surface area contributed by atoms with Crippen molar-refractivity contribution in [3.63, 3.8) is 0 Å². The van der Waals surface area contributed by atoms with Crippen molar-refractivity contribution in [1.82, 2.24) is 5.32 Å². The molecular weight excluding hydrogens is 442 g/mol. The van der Waals surface area contributed by atoms with Crippen molar-refractivity contribution < 1.29 is 0 Å². The Morgan fingerprint density at radius 2 is 1.63 bits per heavy atom. The van der Waals surface area contributed by atoms with Gasteiger partial charge in [0, 0.05) is 17.4 Å².